The maximum atomic E-state index is 13.1. The molecule has 10 heteroatoms. The lowest BCUT2D eigenvalue weighted by Gasteiger charge is -2.01. The molecule has 1 aliphatic rings. The van der Waals surface area contributed by atoms with Crippen molar-refractivity contribution < 1.29 is 9.50 Å². The Kier molecular flexibility index (Phi) is 3.82. The number of halogens is 1. The van der Waals surface area contributed by atoms with Crippen LogP contribution in [0.25, 0.3) is 11.2 Å². The molecule has 0 radical (unpaired) electrons. The van der Waals surface area contributed by atoms with Crippen molar-refractivity contribution >= 4 is 34.5 Å². The van der Waals surface area contributed by atoms with Crippen LogP contribution in [0.15, 0.2) is 57.0 Å². The number of aromatic hydroxyl groups is 1. The van der Waals surface area contributed by atoms with E-state index in [0.717, 1.165) is 11.3 Å². The van der Waals surface area contributed by atoms with Gasteiger partial charge in [-0.05, 0) is 35.6 Å². The number of benzene rings is 1. The molecular weight excluding hydrogens is 363 g/mol. The van der Waals surface area contributed by atoms with Crippen molar-refractivity contribution in [2.45, 2.75) is 0 Å². The fraction of sp³-hybridized carbons (Fsp3) is 0. The second kappa shape index (κ2) is 6.15. The quantitative estimate of drug-likeness (QED) is 0.735. The van der Waals surface area contributed by atoms with Crippen LogP contribution in [0.5, 0.6) is 5.88 Å². The van der Waals surface area contributed by atoms with Gasteiger partial charge in [-0.1, -0.05) is 11.3 Å². The summed E-state index contributed by atoms with van der Waals surface area (Å²) in [7, 11) is 0. The third kappa shape index (κ3) is 2.81. The lowest BCUT2D eigenvalue weighted by atomic mass is 10.1. The summed E-state index contributed by atoms with van der Waals surface area (Å²) in [5, 5.41) is 32.4. The molecule has 4 rings (SSSR count). The summed E-state index contributed by atoms with van der Waals surface area (Å²) in [6, 6.07) is 5.82. The van der Waals surface area contributed by atoms with Gasteiger partial charge in [-0.15, -0.1) is 21.6 Å². The van der Waals surface area contributed by atoms with E-state index in [1.807, 2.05) is 0 Å². The van der Waals surface area contributed by atoms with Gasteiger partial charge in [0.2, 0.25) is 5.88 Å². The first-order chi connectivity index (χ1) is 12.1. The zero-order valence-electron chi connectivity index (χ0n) is 12.4. The Morgan fingerprint density at radius 1 is 1.24 bits per heavy atom. The van der Waals surface area contributed by atoms with Gasteiger partial charge in [-0.2, -0.15) is 0 Å². The molecule has 2 N–H and O–H groups in total. The second-order valence-corrected chi connectivity index (χ2v) is 6.82. The number of hydrogen-bond acceptors (Lipinski definition) is 8. The standard InChI is InChI=1S/C15H9FN6OS2/c16-9-3-1-8(2-4-9)12-10(19-21-20-12)7-11-13(23)22(14(17)25-11)15-18-5-6-24-15/h1-7,17,23H/b10-7-,17-14?. The molecule has 0 aliphatic carbocycles. The Morgan fingerprint density at radius 3 is 2.76 bits per heavy atom. The fourth-order valence-corrected chi connectivity index (χ4v) is 3.78. The Bertz CT molecular complexity index is 1080. The van der Waals surface area contributed by atoms with E-state index < -0.39 is 0 Å². The van der Waals surface area contributed by atoms with Gasteiger partial charge in [-0.3, -0.25) is 5.41 Å². The van der Waals surface area contributed by atoms with Crippen LogP contribution in [0.2, 0.25) is 0 Å². The van der Waals surface area contributed by atoms with Gasteiger partial charge in [0, 0.05) is 17.1 Å². The number of aromatic nitrogens is 2. The van der Waals surface area contributed by atoms with E-state index in [4.69, 9.17) is 5.41 Å². The number of allylic oxidation sites excluding steroid dienone is 1. The van der Waals surface area contributed by atoms with Crippen molar-refractivity contribution in [1.82, 2.24) is 9.55 Å². The monoisotopic (exact) mass is 372 g/mol. The molecule has 1 aliphatic heterocycles. The first-order valence-electron chi connectivity index (χ1n) is 6.99. The Labute approximate surface area is 148 Å². The maximum Gasteiger partial charge on any atom is 0.217 e. The van der Waals surface area contributed by atoms with Crippen LogP contribution in [0.1, 0.15) is 10.4 Å². The first kappa shape index (κ1) is 15.5. The smallest absolute Gasteiger partial charge is 0.217 e. The van der Waals surface area contributed by atoms with E-state index in [2.05, 4.69) is 20.4 Å². The molecule has 3 aromatic rings. The number of thiazole rings is 2. The van der Waals surface area contributed by atoms with Crippen LogP contribution in [0, 0.1) is 11.2 Å². The minimum absolute atomic E-state index is 0.0991. The normalized spacial score (nSPS) is 15.1. The Hall–Kier alpha value is -2.98. The zero-order valence-corrected chi connectivity index (χ0v) is 14.1. The molecule has 0 unspecified atom stereocenters. The van der Waals surface area contributed by atoms with Gasteiger partial charge >= 0.3 is 0 Å². The van der Waals surface area contributed by atoms with Gasteiger partial charge in [0.15, 0.2) is 9.93 Å². The van der Waals surface area contributed by atoms with Crippen molar-refractivity contribution in [3.8, 4) is 11.0 Å². The molecule has 2 aromatic heterocycles. The average molecular weight is 372 g/mol. The topological polar surface area (TPSA) is 99.0 Å². The third-order valence-electron chi connectivity index (χ3n) is 3.38. The summed E-state index contributed by atoms with van der Waals surface area (Å²) in [4.78, 5) is 4.68. The summed E-state index contributed by atoms with van der Waals surface area (Å²) in [5.41, 5.74) is 1.56. The fourth-order valence-electron chi connectivity index (χ4n) is 2.25. The highest BCUT2D eigenvalue weighted by atomic mass is 32.1. The van der Waals surface area contributed by atoms with E-state index in [1.54, 1.807) is 29.8 Å². The minimum Gasteiger partial charge on any atom is -0.493 e. The molecule has 0 spiro atoms. The molecule has 0 bridgehead atoms. The Morgan fingerprint density at radius 2 is 2.04 bits per heavy atom. The van der Waals surface area contributed by atoms with Crippen LogP contribution >= 0.6 is 22.7 Å². The van der Waals surface area contributed by atoms with E-state index in [9.17, 15) is 9.50 Å². The highest BCUT2D eigenvalue weighted by molar-refractivity contribution is 7.13. The molecule has 1 aromatic carbocycles. The van der Waals surface area contributed by atoms with Crippen molar-refractivity contribution in [3.63, 3.8) is 0 Å². The predicted octanol–water partition coefficient (Wildman–Crippen LogP) is 3.53. The SMILES string of the molecule is N=c1sc(/C=C2\N=NN=C2c2ccc(F)cc2)c(O)n1-c1nccs1. The maximum absolute atomic E-state index is 13.1. The van der Waals surface area contributed by atoms with Crippen LogP contribution in [0.4, 0.5) is 4.39 Å². The molecule has 7 nitrogen and oxygen atoms in total. The van der Waals surface area contributed by atoms with Gasteiger partial charge in [0.05, 0.1) is 4.88 Å². The molecule has 0 fully saturated rings. The number of nitrogens with zero attached hydrogens (tertiary/aromatic N) is 5. The first-order valence-corrected chi connectivity index (χ1v) is 8.69. The molecule has 124 valence electrons. The lowest BCUT2D eigenvalue weighted by Crippen LogP contribution is -2.09. The summed E-state index contributed by atoms with van der Waals surface area (Å²) in [6.07, 6.45) is 3.20. The van der Waals surface area contributed by atoms with Crippen LogP contribution in [-0.2, 0) is 0 Å². The predicted molar refractivity (Wildman–Crippen MR) is 92.6 cm³/mol. The molecule has 0 saturated carbocycles. The third-order valence-corrected chi connectivity index (χ3v) is 5.03. The highest BCUT2D eigenvalue weighted by Crippen LogP contribution is 2.29. The highest BCUT2D eigenvalue weighted by Gasteiger charge is 2.19. The summed E-state index contributed by atoms with van der Waals surface area (Å²) < 4.78 is 14.4. The van der Waals surface area contributed by atoms with Crippen molar-refractivity contribution in [2.24, 2.45) is 15.4 Å². The molecular formula is C15H9FN6OS2. The van der Waals surface area contributed by atoms with Crippen molar-refractivity contribution in [3.05, 3.63) is 62.6 Å². The number of nitrogens with one attached hydrogen (secondary N) is 1. The second-order valence-electron chi connectivity index (χ2n) is 4.92. The summed E-state index contributed by atoms with van der Waals surface area (Å²) in [5.74, 6) is -0.445. The van der Waals surface area contributed by atoms with Gasteiger partial charge in [0.25, 0.3) is 0 Å². The van der Waals surface area contributed by atoms with Crippen molar-refractivity contribution in [2.75, 3.05) is 0 Å². The number of hydrogen-bond donors (Lipinski definition) is 2. The minimum atomic E-state index is -0.346. The van der Waals surface area contributed by atoms with E-state index in [0.29, 0.717) is 27.0 Å². The van der Waals surface area contributed by atoms with Crippen LogP contribution in [0.3, 0.4) is 0 Å². The molecule has 3 heterocycles. The number of rotatable bonds is 3. The molecule has 0 atom stereocenters. The molecule has 0 amide bonds. The van der Waals surface area contributed by atoms with E-state index >= 15 is 0 Å². The summed E-state index contributed by atoms with van der Waals surface area (Å²) in [6.45, 7) is 0. The van der Waals surface area contributed by atoms with Gasteiger partial charge in [0.1, 0.15) is 17.2 Å². The largest absolute Gasteiger partial charge is 0.493 e. The van der Waals surface area contributed by atoms with E-state index in [-0.39, 0.29) is 16.5 Å². The van der Waals surface area contributed by atoms with Crippen LogP contribution < -0.4 is 4.80 Å². The molecule has 0 saturated heterocycles. The lowest BCUT2D eigenvalue weighted by molar-refractivity contribution is 0.438. The average Bonchev–Trinajstić information content (AvgIpc) is 3.31. The van der Waals surface area contributed by atoms with Gasteiger partial charge < -0.3 is 5.11 Å². The van der Waals surface area contributed by atoms with Crippen LogP contribution in [-0.4, -0.2) is 20.4 Å². The van der Waals surface area contributed by atoms with Gasteiger partial charge in [-0.25, -0.2) is 13.9 Å². The summed E-state index contributed by atoms with van der Waals surface area (Å²) >= 11 is 2.39. The zero-order chi connectivity index (χ0) is 17.4. The molecule has 25 heavy (non-hydrogen) atoms. The van der Waals surface area contributed by atoms with Crippen molar-refractivity contribution in [1.29, 1.82) is 5.41 Å². The Balaban J connectivity index is 1.75. The van der Waals surface area contributed by atoms with E-state index in [1.165, 1.54) is 28.0 Å².